The average molecular weight is 299 g/mol. The van der Waals surface area contributed by atoms with Crippen LogP contribution in [0.3, 0.4) is 0 Å². The average Bonchev–Trinajstić information content (AvgIpc) is 3.04. The monoisotopic (exact) mass is 299 g/mol. The molecule has 0 aliphatic rings. The Kier molecular flexibility index (Phi) is 4.13. The summed E-state index contributed by atoms with van der Waals surface area (Å²) in [5.74, 6) is 0. The Bertz CT molecular complexity index is 780. The highest BCUT2D eigenvalue weighted by atomic mass is 32.1. The van der Waals surface area contributed by atoms with E-state index in [9.17, 15) is 4.79 Å². The van der Waals surface area contributed by atoms with Crippen LogP contribution in [0.15, 0.2) is 52.9 Å². The smallest absolute Gasteiger partial charge is 0.261 e. The minimum Gasteiger partial charge on any atom is -0.308 e. The van der Waals surface area contributed by atoms with Gasteiger partial charge in [-0.2, -0.15) is 0 Å². The van der Waals surface area contributed by atoms with Gasteiger partial charge in [-0.25, -0.2) is 4.98 Å². The molecule has 0 saturated heterocycles. The fourth-order valence-electron chi connectivity index (χ4n) is 2.31. The summed E-state index contributed by atoms with van der Waals surface area (Å²) < 4.78 is 1.66. The summed E-state index contributed by atoms with van der Waals surface area (Å²) in [5, 5.41) is 6.18. The zero-order valence-electron chi connectivity index (χ0n) is 11.8. The molecule has 1 N–H and O–H groups in total. The number of fused-ring (bicyclic) bond motifs is 1. The number of thiophene rings is 1. The molecule has 1 atom stereocenters. The van der Waals surface area contributed by atoms with E-state index in [1.165, 1.54) is 4.88 Å². The number of para-hydroxylation sites is 1. The molecule has 0 amide bonds. The molecule has 0 radical (unpaired) electrons. The second-order valence-electron chi connectivity index (χ2n) is 4.95. The summed E-state index contributed by atoms with van der Waals surface area (Å²) in [7, 11) is 0. The summed E-state index contributed by atoms with van der Waals surface area (Å²) in [6.45, 7) is 3.48. The van der Waals surface area contributed by atoms with Gasteiger partial charge < -0.3 is 5.32 Å². The third kappa shape index (κ3) is 3.04. The van der Waals surface area contributed by atoms with Gasteiger partial charge in [-0.05, 0) is 30.5 Å². The summed E-state index contributed by atoms with van der Waals surface area (Å²) >= 11 is 1.74. The number of aromatic nitrogens is 2. The molecule has 0 fully saturated rings. The van der Waals surface area contributed by atoms with Gasteiger partial charge in [-0.1, -0.05) is 18.2 Å². The van der Waals surface area contributed by atoms with Crippen molar-refractivity contribution in [2.75, 3.05) is 6.54 Å². The summed E-state index contributed by atoms with van der Waals surface area (Å²) in [6.07, 6.45) is 1.63. The third-order valence-electron chi connectivity index (χ3n) is 3.50. The lowest BCUT2D eigenvalue weighted by molar-refractivity contribution is 0.528. The zero-order chi connectivity index (χ0) is 14.7. The topological polar surface area (TPSA) is 46.9 Å². The Balaban J connectivity index is 1.68. The van der Waals surface area contributed by atoms with Crippen LogP contribution in [0.4, 0.5) is 0 Å². The zero-order valence-corrected chi connectivity index (χ0v) is 12.6. The van der Waals surface area contributed by atoms with Crippen LogP contribution in [-0.4, -0.2) is 16.1 Å². The van der Waals surface area contributed by atoms with Gasteiger partial charge in [0.05, 0.1) is 17.2 Å². The molecular weight excluding hydrogens is 282 g/mol. The highest BCUT2D eigenvalue weighted by molar-refractivity contribution is 7.10. The predicted molar refractivity (Wildman–Crippen MR) is 86.7 cm³/mol. The first-order chi connectivity index (χ1) is 10.3. The van der Waals surface area contributed by atoms with Crippen LogP contribution in [0.5, 0.6) is 0 Å². The normalized spacial score (nSPS) is 12.6. The van der Waals surface area contributed by atoms with Crippen molar-refractivity contribution in [1.82, 2.24) is 14.9 Å². The number of nitrogens with one attached hydrogen (secondary N) is 1. The maximum absolute atomic E-state index is 12.3. The molecule has 0 spiro atoms. The van der Waals surface area contributed by atoms with Gasteiger partial charge in [-0.3, -0.25) is 9.36 Å². The maximum Gasteiger partial charge on any atom is 0.261 e. The molecule has 1 aromatic carbocycles. The fourth-order valence-corrected chi connectivity index (χ4v) is 3.06. The third-order valence-corrected chi connectivity index (χ3v) is 4.56. The first kappa shape index (κ1) is 14.0. The summed E-state index contributed by atoms with van der Waals surface area (Å²) in [6, 6.07) is 11.9. The molecule has 2 heterocycles. The molecule has 2 aromatic heterocycles. The van der Waals surface area contributed by atoms with E-state index >= 15 is 0 Å². The van der Waals surface area contributed by atoms with Crippen LogP contribution in [0.25, 0.3) is 10.9 Å². The fraction of sp³-hybridized carbons (Fsp3) is 0.250. The minimum absolute atomic E-state index is 0.0196. The molecule has 0 aliphatic carbocycles. The molecule has 0 saturated carbocycles. The lowest BCUT2D eigenvalue weighted by Gasteiger charge is -2.13. The van der Waals surface area contributed by atoms with Gasteiger partial charge in [0, 0.05) is 24.0 Å². The van der Waals surface area contributed by atoms with E-state index in [2.05, 4.69) is 34.7 Å². The van der Waals surface area contributed by atoms with Crippen molar-refractivity contribution in [3.63, 3.8) is 0 Å². The molecule has 5 heteroatoms. The van der Waals surface area contributed by atoms with E-state index in [1.54, 1.807) is 22.2 Å². The van der Waals surface area contributed by atoms with Gasteiger partial charge in [0.15, 0.2) is 0 Å². The van der Waals surface area contributed by atoms with Gasteiger partial charge in [0.25, 0.3) is 5.56 Å². The first-order valence-corrected chi connectivity index (χ1v) is 7.84. The second kappa shape index (κ2) is 6.20. The molecule has 3 rings (SSSR count). The van der Waals surface area contributed by atoms with E-state index in [0.717, 1.165) is 12.1 Å². The second-order valence-corrected chi connectivity index (χ2v) is 5.93. The Morgan fingerprint density at radius 2 is 2.14 bits per heavy atom. The molecule has 1 unspecified atom stereocenters. The van der Waals surface area contributed by atoms with Crippen LogP contribution >= 0.6 is 11.3 Å². The Hall–Kier alpha value is -1.98. The Labute approximate surface area is 127 Å². The van der Waals surface area contributed by atoms with E-state index in [0.29, 0.717) is 18.0 Å². The van der Waals surface area contributed by atoms with Crippen LogP contribution in [0.2, 0.25) is 0 Å². The minimum atomic E-state index is 0.0196. The standard InChI is InChI=1S/C16H17N3OS/c1-12(15-7-4-10-21-15)17-8-9-19-11-18-14-6-3-2-5-13(14)16(19)20/h2-7,10-12,17H,8-9H2,1H3. The molecular formula is C16H17N3OS. The molecule has 108 valence electrons. The van der Waals surface area contributed by atoms with Crippen molar-refractivity contribution >= 4 is 22.2 Å². The Morgan fingerprint density at radius 1 is 1.29 bits per heavy atom. The van der Waals surface area contributed by atoms with Crippen LogP contribution in [-0.2, 0) is 6.54 Å². The number of rotatable bonds is 5. The van der Waals surface area contributed by atoms with E-state index in [-0.39, 0.29) is 5.56 Å². The lowest BCUT2D eigenvalue weighted by atomic mass is 10.2. The SMILES string of the molecule is CC(NCCn1cnc2ccccc2c1=O)c1cccs1. The van der Waals surface area contributed by atoms with Crippen molar-refractivity contribution in [2.24, 2.45) is 0 Å². The van der Waals surface area contributed by atoms with Crippen molar-refractivity contribution in [3.05, 3.63) is 63.3 Å². The highest BCUT2D eigenvalue weighted by Gasteiger charge is 2.06. The lowest BCUT2D eigenvalue weighted by Crippen LogP contribution is -2.28. The molecule has 3 aromatic rings. The van der Waals surface area contributed by atoms with Crippen molar-refractivity contribution < 1.29 is 0 Å². The van der Waals surface area contributed by atoms with Crippen molar-refractivity contribution in [1.29, 1.82) is 0 Å². The van der Waals surface area contributed by atoms with Crippen LogP contribution in [0.1, 0.15) is 17.8 Å². The largest absolute Gasteiger partial charge is 0.308 e. The van der Waals surface area contributed by atoms with Crippen LogP contribution in [0, 0.1) is 0 Å². The summed E-state index contributed by atoms with van der Waals surface area (Å²) in [4.78, 5) is 18.0. The quantitative estimate of drug-likeness (QED) is 0.788. The summed E-state index contributed by atoms with van der Waals surface area (Å²) in [5.41, 5.74) is 0.768. The van der Waals surface area contributed by atoms with Crippen LogP contribution < -0.4 is 10.9 Å². The number of benzene rings is 1. The first-order valence-electron chi connectivity index (χ1n) is 6.96. The molecule has 4 nitrogen and oxygen atoms in total. The van der Waals surface area contributed by atoms with E-state index in [4.69, 9.17) is 0 Å². The van der Waals surface area contributed by atoms with Gasteiger partial charge in [0.1, 0.15) is 0 Å². The van der Waals surface area contributed by atoms with Crippen molar-refractivity contribution in [2.45, 2.75) is 19.5 Å². The van der Waals surface area contributed by atoms with E-state index < -0.39 is 0 Å². The van der Waals surface area contributed by atoms with Gasteiger partial charge in [-0.15, -0.1) is 11.3 Å². The predicted octanol–water partition coefficient (Wildman–Crippen LogP) is 2.81. The van der Waals surface area contributed by atoms with E-state index in [1.807, 2.05) is 24.3 Å². The molecule has 21 heavy (non-hydrogen) atoms. The number of nitrogens with zero attached hydrogens (tertiary/aromatic N) is 2. The van der Waals surface area contributed by atoms with Crippen molar-refractivity contribution in [3.8, 4) is 0 Å². The highest BCUT2D eigenvalue weighted by Crippen LogP contribution is 2.17. The van der Waals surface area contributed by atoms with Gasteiger partial charge in [0.2, 0.25) is 0 Å². The molecule has 0 aliphatic heterocycles. The Morgan fingerprint density at radius 3 is 2.95 bits per heavy atom. The number of hydrogen-bond acceptors (Lipinski definition) is 4. The maximum atomic E-state index is 12.3. The molecule has 0 bridgehead atoms. The number of hydrogen-bond donors (Lipinski definition) is 1. The van der Waals surface area contributed by atoms with Gasteiger partial charge >= 0.3 is 0 Å².